The van der Waals surface area contributed by atoms with Crippen LogP contribution in [0.25, 0.3) is 0 Å². The Morgan fingerprint density at radius 1 is 1.37 bits per heavy atom. The van der Waals surface area contributed by atoms with Crippen molar-refractivity contribution < 1.29 is 9.53 Å². The molecule has 1 amide bonds. The van der Waals surface area contributed by atoms with Crippen molar-refractivity contribution in [2.75, 3.05) is 25.5 Å². The van der Waals surface area contributed by atoms with Gasteiger partial charge in [-0.3, -0.25) is 4.79 Å². The Bertz CT molecular complexity index is 440. The molecule has 0 unspecified atom stereocenters. The highest BCUT2D eigenvalue weighted by Crippen LogP contribution is 2.20. The van der Waals surface area contributed by atoms with Crippen LogP contribution in [-0.4, -0.2) is 36.1 Å². The topological polar surface area (TPSA) is 55.6 Å². The lowest BCUT2D eigenvalue weighted by molar-refractivity contribution is -0.146. The third kappa shape index (κ3) is 3.47. The summed E-state index contributed by atoms with van der Waals surface area (Å²) in [7, 11) is 0. The van der Waals surface area contributed by atoms with Gasteiger partial charge in [0.25, 0.3) is 0 Å². The van der Waals surface area contributed by atoms with Crippen LogP contribution in [0.5, 0.6) is 0 Å². The minimum atomic E-state index is -0.198. The summed E-state index contributed by atoms with van der Waals surface area (Å²) >= 11 is 0. The molecule has 0 atom stereocenters. The zero-order chi connectivity index (χ0) is 13.9. The van der Waals surface area contributed by atoms with Gasteiger partial charge in [-0.15, -0.1) is 0 Å². The molecule has 1 aromatic carbocycles. The molecular weight excluding hydrogens is 240 g/mol. The zero-order valence-electron chi connectivity index (χ0n) is 11.7. The molecule has 1 aliphatic heterocycles. The number of nitrogen functional groups attached to an aromatic ring is 1. The van der Waals surface area contributed by atoms with Crippen LogP contribution in [0.15, 0.2) is 24.3 Å². The van der Waals surface area contributed by atoms with Gasteiger partial charge in [-0.25, -0.2) is 0 Å². The molecular formula is C15H22N2O2. The average molecular weight is 262 g/mol. The van der Waals surface area contributed by atoms with Crippen molar-refractivity contribution in [1.29, 1.82) is 0 Å². The van der Waals surface area contributed by atoms with Gasteiger partial charge < -0.3 is 15.4 Å². The Balaban J connectivity index is 1.92. The number of morpholine rings is 1. The van der Waals surface area contributed by atoms with Gasteiger partial charge in [0, 0.05) is 18.7 Å². The van der Waals surface area contributed by atoms with E-state index in [1.165, 1.54) is 0 Å². The lowest BCUT2D eigenvalue weighted by Crippen LogP contribution is -2.55. The predicted octanol–water partition coefficient (Wildman–Crippen LogP) is 1.84. The van der Waals surface area contributed by atoms with E-state index >= 15 is 0 Å². The number of rotatable bonds is 3. The van der Waals surface area contributed by atoms with Crippen LogP contribution < -0.4 is 5.73 Å². The first-order chi connectivity index (χ1) is 8.99. The zero-order valence-corrected chi connectivity index (χ0v) is 11.7. The molecule has 104 valence electrons. The van der Waals surface area contributed by atoms with Crippen LogP contribution in [0.2, 0.25) is 0 Å². The van der Waals surface area contributed by atoms with E-state index in [0.29, 0.717) is 26.2 Å². The molecule has 0 aliphatic carbocycles. The Morgan fingerprint density at radius 2 is 2.05 bits per heavy atom. The largest absolute Gasteiger partial charge is 0.399 e. The fraction of sp³-hybridized carbons (Fsp3) is 0.533. The van der Waals surface area contributed by atoms with E-state index in [1.54, 1.807) is 0 Å². The van der Waals surface area contributed by atoms with Crippen LogP contribution in [0, 0.1) is 0 Å². The summed E-state index contributed by atoms with van der Waals surface area (Å²) < 4.78 is 5.43. The first kappa shape index (κ1) is 13.9. The summed E-state index contributed by atoms with van der Waals surface area (Å²) in [5, 5.41) is 0. The van der Waals surface area contributed by atoms with Gasteiger partial charge in [-0.2, -0.15) is 0 Å². The van der Waals surface area contributed by atoms with Gasteiger partial charge in [0.1, 0.15) is 0 Å². The number of hydrogen-bond donors (Lipinski definition) is 1. The summed E-state index contributed by atoms with van der Waals surface area (Å²) in [5.41, 5.74) is 7.35. The first-order valence-corrected chi connectivity index (χ1v) is 6.72. The van der Waals surface area contributed by atoms with Crippen molar-refractivity contribution in [2.24, 2.45) is 0 Å². The smallest absolute Gasteiger partial charge is 0.223 e. The molecule has 1 heterocycles. The predicted molar refractivity (Wildman–Crippen MR) is 75.8 cm³/mol. The molecule has 2 N–H and O–H groups in total. The number of hydrogen-bond acceptors (Lipinski definition) is 3. The lowest BCUT2D eigenvalue weighted by atomic mass is 10.0. The van der Waals surface area contributed by atoms with E-state index in [0.717, 1.165) is 17.7 Å². The maximum atomic E-state index is 12.3. The summed E-state index contributed by atoms with van der Waals surface area (Å²) in [5.74, 6) is 0.199. The van der Waals surface area contributed by atoms with E-state index in [1.807, 2.05) is 43.0 Å². The molecule has 0 bridgehead atoms. The fourth-order valence-electron chi connectivity index (χ4n) is 2.39. The summed E-state index contributed by atoms with van der Waals surface area (Å²) in [6.45, 7) is 6.03. The standard InChI is InChI=1S/C15H22N2O2/c1-15(2)11-19-10-9-17(15)14(18)8-5-12-3-6-13(16)7-4-12/h3-4,6-7H,5,8-11,16H2,1-2H3. The maximum absolute atomic E-state index is 12.3. The second-order valence-corrected chi connectivity index (χ2v) is 5.65. The van der Waals surface area contributed by atoms with Crippen molar-refractivity contribution in [3.05, 3.63) is 29.8 Å². The number of nitrogens with zero attached hydrogens (tertiary/aromatic N) is 1. The molecule has 0 spiro atoms. The first-order valence-electron chi connectivity index (χ1n) is 6.72. The average Bonchev–Trinajstić information content (AvgIpc) is 2.37. The van der Waals surface area contributed by atoms with Gasteiger partial charge in [-0.05, 0) is 38.0 Å². The highest BCUT2D eigenvalue weighted by Gasteiger charge is 2.33. The molecule has 19 heavy (non-hydrogen) atoms. The van der Waals surface area contributed by atoms with E-state index in [-0.39, 0.29) is 11.4 Å². The Hall–Kier alpha value is -1.55. The number of ether oxygens (including phenoxy) is 1. The number of amides is 1. The Morgan fingerprint density at radius 3 is 2.68 bits per heavy atom. The van der Waals surface area contributed by atoms with E-state index < -0.39 is 0 Å². The SMILES string of the molecule is CC1(C)COCCN1C(=O)CCc1ccc(N)cc1. The maximum Gasteiger partial charge on any atom is 0.223 e. The molecule has 1 aliphatic rings. The van der Waals surface area contributed by atoms with Crippen molar-refractivity contribution in [2.45, 2.75) is 32.2 Å². The normalized spacial score (nSPS) is 18.3. The highest BCUT2D eigenvalue weighted by molar-refractivity contribution is 5.77. The molecule has 1 aromatic rings. The quantitative estimate of drug-likeness (QED) is 0.846. The van der Waals surface area contributed by atoms with Crippen molar-refractivity contribution in [3.63, 3.8) is 0 Å². The number of carbonyl (C=O) groups excluding carboxylic acids is 1. The second-order valence-electron chi connectivity index (χ2n) is 5.65. The number of anilines is 1. The van der Waals surface area contributed by atoms with Gasteiger partial charge in [-0.1, -0.05) is 12.1 Å². The molecule has 4 heteroatoms. The summed E-state index contributed by atoms with van der Waals surface area (Å²) in [6.07, 6.45) is 1.29. The number of nitrogens with two attached hydrogens (primary N) is 1. The van der Waals surface area contributed by atoms with Crippen LogP contribution in [0.4, 0.5) is 5.69 Å². The summed E-state index contributed by atoms with van der Waals surface area (Å²) in [4.78, 5) is 14.2. The van der Waals surface area contributed by atoms with Crippen molar-refractivity contribution in [3.8, 4) is 0 Å². The Labute approximate surface area is 114 Å². The van der Waals surface area contributed by atoms with E-state index in [2.05, 4.69) is 0 Å². The molecule has 0 saturated carbocycles. The van der Waals surface area contributed by atoms with E-state index in [4.69, 9.17) is 10.5 Å². The van der Waals surface area contributed by atoms with Crippen LogP contribution in [0.1, 0.15) is 25.8 Å². The highest BCUT2D eigenvalue weighted by atomic mass is 16.5. The molecule has 1 fully saturated rings. The molecule has 1 saturated heterocycles. The van der Waals surface area contributed by atoms with Gasteiger partial charge in [0.15, 0.2) is 0 Å². The fourth-order valence-corrected chi connectivity index (χ4v) is 2.39. The number of benzene rings is 1. The minimum absolute atomic E-state index is 0.198. The number of aryl methyl sites for hydroxylation is 1. The second kappa shape index (κ2) is 5.61. The molecule has 0 aromatic heterocycles. The molecule has 4 nitrogen and oxygen atoms in total. The monoisotopic (exact) mass is 262 g/mol. The molecule has 2 rings (SSSR count). The van der Waals surface area contributed by atoms with Crippen molar-refractivity contribution in [1.82, 2.24) is 4.90 Å². The summed E-state index contributed by atoms with van der Waals surface area (Å²) in [6, 6.07) is 7.71. The van der Waals surface area contributed by atoms with Crippen LogP contribution >= 0.6 is 0 Å². The molecule has 0 radical (unpaired) electrons. The van der Waals surface area contributed by atoms with Crippen molar-refractivity contribution >= 4 is 11.6 Å². The van der Waals surface area contributed by atoms with Gasteiger partial charge in [0.05, 0.1) is 18.8 Å². The van der Waals surface area contributed by atoms with E-state index in [9.17, 15) is 4.79 Å². The van der Waals surface area contributed by atoms with Gasteiger partial charge in [0.2, 0.25) is 5.91 Å². The lowest BCUT2D eigenvalue weighted by Gasteiger charge is -2.42. The third-order valence-electron chi connectivity index (χ3n) is 3.55. The number of carbonyl (C=O) groups is 1. The third-order valence-corrected chi connectivity index (χ3v) is 3.55. The van der Waals surface area contributed by atoms with Crippen LogP contribution in [0.3, 0.4) is 0 Å². The van der Waals surface area contributed by atoms with Crippen LogP contribution in [-0.2, 0) is 16.0 Å². The Kier molecular flexibility index (Phi) is 4.10. The minimum Gasteiger partial charge on any atom is -0.399 e. The van der Waals surface area contributed by atoms with Gasteiger partial charge >= 0.3 is 0 Å².